The zero-order valence-electron chi connectivity index (χ0n) is 16.4. The summed E-state index contributed by atoms with van der Waals surface area (Å²) in [6.45, 7) is 0. The molecule has 0 aliphatic heterocycles. The van der Waals surface area contributed by atoms with Crippen molar-refractivity contribution in [1.82, 2.24) is 10.1 Å². The van der Waals surface area contributed by atoms with Gasteiger partial charge in [-0.3, -0.25) is 4.98 Å². The molecule has 2 aromatic heterocycles. The second kappa shape index (κ2) is 8.06. The molecular formula is C23H20N2O4. The quantitative estimate of drug-likeness (QED) is 0.458. The molecule has 4 aromatic rings. The highest BCUT2D eigenvalue weighted by Crippen LogP contribution is 2.43. The molecule has 0 spiro atoms. The standard InChI is InChI=1S/C23H20N2O4/c1-26-20-11-18(12-21(27-2)23(20)28-3)22-19(14-25-29-22)16-8-6-15(7-9-16)17-5-4-10-24-13-17/h4-14H,1-3H3. The smallest absolute Gasteiger partial charge is 0.203 e. The second-order valence-electron chi connectivity index (χ2n) is 6.30. The number of methoxy groups -OCH3 is 3. The highest BCUT2D eigenvalue weighted by molar-refractivity contribution is 5.82. The lowest BCUT2D eigenvalue weighted by Gasteiger charge is -2.13. The van der Waals surface area contributed by atoms with Gasteiger partial charge in [-0.25, -0.2) is 0 Å². The molecule has 146 valence electrons. The molecule has 0 saturated carbocycles. The van der Waals surface area contributed by atoms with Crippen molar-refractivity contribution < 1.29 is 18.7 Å². The first-order valence-corrected chi connectivity index (χ1v) is 9.01. The molecule has 2 aromatic carbocycles. The Bertz CT molecular complexity index is 1080. The summed E-state index contributed by atoms with van der Waals surface area (Å²) in [5.41, 5.74) is 4.80. The number of hydrogen-bond acceptors (Lipinski definition) is 6. The summed E-state index contributed by atoms with van der Waals surface area (Å²) >= 11 is 0. The average molecular weight is 388 g/mol. The highest BCUT2D eigenvalue weighted by Gasteiger charge is 2.19. The summed E-state index contributed by atoms with van der Waals surface area (Å²) < 4.78 is 21.9. The minimum atomic E-state index is 0.528. The Balaban J connectivity index is 1.74. The summed E-state index contributed by atoms with van der Waals surface area (Å²) in [5.74, 6) is 2.26. The van der Waals surface area contributed by atoms with Crippen LogP contribution in [-0.2, 0) is 0 Å². The molecule has 6 heteroatoms. The van der Waals surface area contributed by atoms with E-state index in [2.05, 4.69) is 22.3 Å². The van der Waals surface area contributed by atoms with Crippen molar-refractivity contribution in [2.24, 2.45) is 0 Å². The van der Waals surface area contributed by atoms with Crippen molar-refractivity contribution in [3.05, 3.63) is 67.1 Å². The van der Waals surface area contributed by atoms with Gasteiger partial charge in [-0.2, -0.15) is 0 Å². The molecule has 0 unspecified atom stereocenters. The molecule has 0 fully saturated rings. The first-order valence-electron chi connectivity index (χ1n) is 9.01. The van der Waals surface area contributed by atoms with Crippen LogP contribution in [0.1, 0.15) is 0 Å². The molecule has 2 heterocycles. The molecule has 29 heavy (non-hydrogen) atoms. The van der Waals surface area contributed by atoms with Gasteiger partial charge in [0.2, 0.25) is 5.75 Å². The largest absolute Gasteiger partial charge is 0.493 e. The van der Waals surface area contributed by atoms with Crippen molar-refractivity contribution in [1.29, 1.82) is 0 Å². The van der Waals surface area contributed by atoms with Gasteiger partial charge in [0.1, 0.15) is 0 Å². The third-order valence-corrected chi connectivity index (χ3v) is 4.69. The van der Waals surface area contributed by atoms with Crippen LogP contribution in [0.2, 0.25) is 0 Å². The number of nitrogens with zero attached hydrogens (tertiary/aromatic N) is 2. The lowest BCUT2D eigenvalue weighted by atomic mass is 9.99. The maximum atomic E-state index is 5.58. The van der Waals surface area contributed by atoms with Crippen LogP contribution in [-0.4, -0.2) is 31.5 Å². The number of ether oxygens (including phenoxy) is 3. The Kier molecular flexibility index (Phi) is 5.16. The number of hydrogen-bond donors (Lipinski definition) is 0. The van der Waals surface area contributed by atoms with E-state index < -0.39 is 0 Å². The molecule has 0 aliphatic carbocycles. The van der Waals surface area contributed by atoms with Gasteiger partial charge >= 0.3 is 0 Å². The SMILES string of the molecule is COc1cc(-c2oncc2-c2ccc(-c3cccnc3)cc2)cc(OC)c1OC. The fraction of sp³-hybridized carbons (Fsp3) is 0.130. The van der Waals surface area contributed by atoms with E-state index in [9.17, 15) is 0 Å². The number of aromatic nitrogens is 2. The van der Waals surface area contributed by atoms with Crippen molar-refractivity contribution >= 4 is 0 Å². The van der Waals surface area contributed by atoms with Crippen LogP contribution >= 0.6 is 0 Å². The predicted octanol–water partition coefficient (Wildman–Crippen LogP) is 5.10. The van der Waals surface area contributed by atoms with Gasteiger partial charge < -0.3 is 18.7 Å². The Hall–Kier alpha value is -3.80. The van der Waals surface area contributed by atoms with Crippen LogP contribution in [0.4, 0.5) is 0 Å². The molecule has 6 nitrogen and oxygen atoms in total. The van der Waals surface area contributed by atoms with Crippen molar-refractivity contribution in [3.63, 3.8) is 0 Å². The Labute approximate surface area is 168 Å². The van der Waals surface area contributed by atoms with E-state index in [4.69, 9.17) is 18.7 Å². The van der Waals surface area contributed by atoms with Crippen LogP contribution in [0.15, 0.2) is 71.6 Å². The van der Waals surface area contributed by atoms with E-state index in [0.717, 1.165) is 27.8 Å². The molecule has 0 amide bonds. The van der Waals surface area contributed by atoms with Gasteiger partial charge in [0, 0.05) is 23.5 Å². The molecule has 0 radical (unpaired) electrons. The zero-order valence-corrected chi connectivity index (χ0v) is 16.4. The lowest BCUT2D eigenvalue weighted by molar-refractivity contribution is 0.324. The highest BCUT2D eigenvalue weighted by atomic mass is 16.5. The minimum absolute atomic E-state index is 0.528. The van der Waals surface area contributed by atoms with E-state index in [1.54, 1.807) is 33.7 Å². The molecule has 0 bridgehead atoms. The lowest BCUT2D eigenvalue weighted by Crippen LogP contribution is -1.95. The zero-order chi connectivity index (χ0) is 20.2. The summed E-state index contributed by atoms with van der Waals surface area (Å²) in [5, 5.41) is 4.01. The molecule has 0 saturated heterocycles. The van der Waals surface area contributed by atoms with Crippen LogP contribution in [0.5, 0.6) is 17.2 Å². The number of rotatable bonds is 6. The number of pyridine rings is 1. The van der Waals surface area contributed by atoms with E-state index in [1.807, 2.05) is 42.6 Å². The molecule has 0 aliphatic rings. The van der Waals surface area contributed by atoms with Gasteiger partial charge in [-0.05, 0) is 34.9 Å². The first kappa shape index (κ1) is 18.6. The Morgan fingerprint density at radius 3 is 2.00 bits per heavy atom. The molecule has 4 rings (SSSR count). The predicted molar refractivity (Wildman–Crippen MR) is 110 cm³/mol. The maximum absolute atomic E-state index is 5.58. The van der Waals surface area contributed by atoms with Gasteiger partial charge in [0.05, 0.1) is 27.5 Å². The van der Waals surface area contributed by atoms with E-state index in [0.29, 0.717) is 23.0 Å². The summed E-state index contributed by atoms with van der Waals surface area (Å²) in [7, 11) is 4.74. The summed E-state index contributed by atoms with van der Waals surface area (Å²) in [4.78, 5) is 4.17. The van der Waals surface area contributed by atoms with Gasteiger partial charge in [0.25, 0.3) is 0 Å². The molecular weight excluding hydrogens is 368 g/mol. The minimum Gasteiger partial charge on any atom is -0.493 e. The van der Waals surface area contributed by atoms with E-state index in [1.165, 1.54) is 0 Å². The maximum Gasteiger partial charge on any atom is 0.203 e. The van der Waals surface area contributed by atoms with Gasteiger partial charge in [0.15, 0.2) is 17.3 Å². The summed E-state index contributed by atoms with van der Waals surface area (Å²) in [6, 6.07) is 15.8. The monoisotopic (exact) mass is 388 g/mol. The third kappa shape index (κ3) is 3.52. The van der Waals surface area contributed by atoms with Crippen LogP contribution in [0.25, 0.3) is 33.6 Å². The topological polar surface area (TPSA) is 66.6 Å². The first-order chi connectivity index (χ1) is 14.2. The van der Waals surface area contributed by atoms with Crippen molar-refractivity contribution in [2.45, 2.75) is 0 Å². The van der Waals surface area contributed by atoms with Gasteiger partial charge in [-0.1, -0.05) is 35.5 Å². The van der Waals surface area contributed by atoms with Crippen molar-refractivity contribution in [2.75, 3.05) is 21.3 Å². The van der Waals surface area contributed by atoms with Crippen LogP contribution in [0, 0.1) is 0 Å². The van der Waals surface area contributed by atoms with Gasteiger partial charge in [-0.15, -0.1) is 0 Å². The van der Waals surface area contributed by atoms with Crippen molar-refractivity contribution in [3.8, 4) is 50.8 Å². The second-order valence-corrected chi connectivity index (χ2v) is 6.30. The molecule has 0 atom stereocenters. The Morgan fingerprint density at radius 2 is 1.41 bits per heavy atom. The third-order valence-electron chi connectivity index (χ3n) is 4.69. The average Bonchev–Trinajstić information content (AvgIpc) is 3.28. The van der Waals surface area contributed by atoms with E-state index >= 15 is 0 Å². The van der Waals surface area contributed by atoms with E-state index in [-0.39, 0.29) is 0 Å². The fourth-order valence-electron chi connectivity index (χ4n) is 3.24. The fourth-order valence-corrected chi connectivity index (χ4v) is 3.24. The normalized spacial score (nSPS) is 10.6. The van der Waals surface area contributed by atoms with Crippen LogP contribution in [0.3, 0.4) is 0 Å². The summed E-state index contributed by atoms with van der Waals surface area (Å²) in [6.07, 6.45) is 5.31. The number of benzene rings is 2. The molecule has 0 N–H and O–H groups in total. The Morgan fingerprint density at radius 1 is 0.724 bits per heavy atom. The van der Waals surface area contributed by atoms with Crippen LogP contribution < -0.4 is 14.2 Å².